The van der Waals surface area contributed by atoms with E-state index in [-0.39, 0.29) is 18.6 Å². The van der Waals surface area contributed by atoms with Gasteiger partial charge >= 0.3 is 6.09 Å². The lowest BCUT2D eigenvalue weighted by molar-refractivity contribution is -0.134. The third-order valence-electron chi connectivity index (χ3n) is 7.40. The van der Waals surface area contributed by atoms with Crippen molar-refractivity contribution in [2.75, 3.05) is 31.1 Å². The van der Waals surface area contributed by atoms with E-state index in [0.717, 1.165) is 44.6 Å². The molecule has 2 saturated heterocycles. The number of amides is 2. The number of piperidine rings is 2. The van der Waals surface area contributed by atoms with Crippen molar-refractivity contribution in [3.05, 3.63) is 60.4 Å². The van der Waals surface area contributed by atoms with Crippen LogP contribution >= 0.6 is 0 Å². The summed E-state index contributed by atoms with van der Waals surface area (Å²) in [5.74, 6) is 0.190. The number of likely N-dealkylation sites (tertiary alicyclic amines) is 1. The average molecular weight is 465 g/mol. The van der Waals surface area contributed by atoms with Gasteiger partial charge in [0.05, 0.1) is 0 Å². The van der Waals surface area contributed by atoms with E-state index in [1.165, 1.54) is 18.5 Å². The maximum atomic E-state index is 12.8. The fourth-order valence-corrected chi connectivity index (χ4v) is 5.06. The lowest BCUT2D eigenvalue weighted by Gasteiger charge is -2.47. The van der Waals surface area contributed by atoms with Crippen LogP contribution in [0.1, 0.15) is 51.0 Å². The molecule has 0 radical (unpaired) electrons. The molecule has 0 bridgehead atoms. The minimum atomic E-state index is -0.443. The zero-order valence-electron chi connectivity index (χ0n) is 20.1. The fraction of sp³-hybridized carbons (Fsp3) is 0.519. The summed E-state index contributed by atoms with van der Waals surface area (Å²) in [6.07, 6.45) is 8.87. The second kappa shape index (κ2) is 11.4. The summed E-state index contributed by atoms with van der Waals surface area (Å²) < 4.78 is 5.27. The first-order valence-electron chi connectivity index (χ1n) is 12.4. The SMILES string of the molecule is C[C@H](CCC(=O)N1CCC2(CC1)CCN(c1ccncc1)CC2)NC(=O)OCc1ccccc1. The summed E-state index contributed by atoms with van der Waals surface area (Å²) >= 11 is 0. The highest BCUT2D eigenvalue weighted by molar-refractivity contribution is 5.76. The Morgan fingerprint density at radius 3 is 2.32 bits per heavy atom. The van der Waals surface area contributed by atoms with Gasteiger partial charge in [0.25, 0.3) is 0 Å². The number of ether oxygens (including phenoxy) is 1. The number of nitrogens with one attached hydrogen (secondary N) is 1. The Bertz CT molecular complexity index is 919. The van der Waals surface area contributed by atoms with Crippen molar-refractivity contribution in [1.82, 2.24) is 15.2 Å². The van der Waals surface area contributed by atoms with Crippen LogP contribution in [0.15, 0.2) is 54.9 Å². The zero-order chi connectivity index (χ0) is 23.8. The average Bonchev–Trinajstić information content (AvgIpc) is 2.88. The monoisotopic (exact) mass is 464 g/mol. The number of pyridine rings is 1. The molecule has 0 aliphatic carbocycles. The van der Waals surface area contributed by atoms with Crippen LogP contribution in [-0.4, -0.2) is 54.1 Å². The number of benzene rings is 1. The number of carbonyl (C=O) groups is 2. The van der Waals surface area contributed by atoms with Gasteiger partial charge in [-0.1, -0.05) is 30.3 Å². The molecular formula is C27H36N4O3. The molecule has 1 atom stereocenters. The van der Waals surface area contributed by atoms with Gasteiger partial charge in [-0.2, -0.15) is 0 Å². The highest BCUT2D eigenvalue weighted by atomic mass is 16.5. The molecule has 0 saturated carbocycles. The molecule has 1 aromatic carbocycles. The van der Waals surface area contributed by atoms with Crippen LogP contribution in [0, 0.1) is 5.41 Å². The minimum absolute atomic E-state index is 0.110. The van der Waals surface area contributed by atoms with Crippen molar-refractivity contribution < 1.29 is 14.3 Å². The number of hydrogen-bond acceptors (Lipinski definition) is 5. The minimum Gasteiger partial charge on any atom is -0.445 e. The van der Waals surface area contributed by atoms with Gasteiger partial charge in [-0.25, -0.2) is 4.79 Å². The van der Waals surface area contributed by atoms with E-state index < -0.39 is 6.09 Å². The summed E-state index contributed by atoms with van der Waals surface area (Å²) in [4.78, 5) is 33.4. The predicted molar refractivity (Wildman–Crippen MR) is 132 cm³/mol. The van der Waals surface area contributed by atoms with E-state index in [2.05, 4.69) is 27.3 Å². The summed E-state index contributed by atoms with van der Waals surface area (Å²) in [6, 6.07) is 13.6. The number of hydrogen-bond donors (Lipinski definition) is 1. The highest BCUT2D eigenvalue weighted by Gasteiger charge is 2.38. The number of rotatable bonds is 7. The van der Waals surface area contributed by atoms with Crippen LogP contribution in [0.3, 0.4) is 0 Å². The van der Waals surface area contributed by atoms with Gasteiger partial charge in [0.2, 0.25) is 5.91 Å². The van der Waals surface area contributed by atoms with Crippen molar-refractivity contribution in [2.45, 2.75) is 58.1 Å². The highest BCUT2D eigenvalue weighted by Crippen LogP contribution is 2.42. The quantitative estimate of drug-likeness (QED) is 0.658. The summed E-state index contributed by atoms with van der Waals surface area (Å²) in [5.41, 5.74) is 2.58. The Hall–Kier alpha value is -3.09. The van der Waals surface area contributed by atoms with Gasteiger partial charge in [0.1, 0.15) is 6.61 Å². The molecule has 1 N–H and O–H groups in total. The van der Waals surface area contributed by atoms with Crippen molar-refractivity contribution in [1.29, 1.82) is 0 Å². The maximum absolute atomic E-state index is 12.8. The molecule has 2 aliphatic rings. The Kier molecular flexibility index (Phi) is 8.03. The van der Waals surface area contributed by atoms with Crippen LogP contribution in [-0.2, 0) is 16.1 Å². The van der Waals surface area contributed by atoms with Crippen LogP contribution in [0.5, 0.6) is 0 Å². The van der Waals surface area contributed by atoms with Gasteiger partial charge < -0.3 is 19.9 Å². The molecule has 0 unspecified atom stereocenters. The van der Waals surface area contributed by atoms with E-state index in [1.54, 1.807) is 0 Å². The molecule has 1 spiro atoms. The van der Waals surface area contributed by atoms with E-state index in [0.29, 0.717) is 18.3 Å². The van der Waals surface area contributed by atoms with Gasteiger partial charge in [0.15, 0.2) is 0 Å². The largest absolute Gasteiger partial charge is 0.445 e. The van der Waals surface area contributed by atoms with Crippen molar-refractivity contribution in [3.63, 3.8) is 0 Å². The first kappa shape index (κ1) is 24.0. The summed E-state index contributed by atoms with van der Waals surface area (Å²) in [6.45, 7) is 5.99. The molecular weight excluding hydrogens is 428 g/mol. The molecule has 2 aliphatic heterocycles. The molecule has 7 nitrogen and oxygen atoms in total. The zero-order valence-corrected chi connectivity index (χ0v) is 20.1. The Balaban J connectivity index is 1.13. The lowest BCUT2D eigenvalue weighted by atomic mass is 9.71. The second-order valence-corrected chi connectivity index (χ2v) is 9.72. The van der Waals surface area contributed by atoms with E-state index in [4.69, 9.17) is 4.74 Å². The second-order valence-electron chi connectivity index (χ2n) is 9.72. The van der Waals surface area contributed by atoms with Crippen LogP contribution in [0.4, 0.5) is 10.5 Å². The predicted octanol–water partition coefficient (Wildman–Crippen LogP) is 4.39. The van der Waals surface area contributed by atoms with Crippen molar-refractivity contribution in [3.8, 4) is 0 Å². The third-order valence-corrected chi connectivity index (χ3v) is 7.40. The number of nitrogens with zero attached hydrogens (tertiary/aromatic N) is 3. The van der Waals surface area contributed by atoms with Crippen LogP contribution in [0.25, 0.3) is 0 Å². The van der Waals surface area contributed by atoms with Crippen LogP contribution < -0.4 is 10.2 Å². The fourth-order valence-electron chi connectivity index (χ4n) is 5.06. The molecule has 1 aromatic heterocycles. The van der Waals surface area contributed by atoms with Crippen molar-refractivity contribution in [2.24, 2.45) is 5.41 Å². The lowest BCUT2D eigenvalue weighted by Crippen LogP contribution is -2.48. The van der Waals surface area contributed by atoms with E-state index >= 15 is 0 Å². The maximum Gasteiger partial charge on any atom is 0.407 e. The molecule has 7 heteroatoms. The first-order chi connectivity index (χ1) is 16.5. The van der Waals surface area contributed by atoms with Crippen LogP contribution in [0.2, 0.25) is 0 Å². The standard InChI is InChI=1S/C27H36N4O3/c1-22(29-26(33)34-21-23-5-3-2-4-6-23)7-8-25(32)31-19-13-27(14-20-31)11-17-30(18-12-27)24-9-15-28-16-10-24/h2-6,9-10,15-16,22H,7-8,11-14,17-21H2,1H3,(H,29,33)/t22-/m1/s1. The number of carbonyl (C=O) groups excluding carboxylic acids is 2. The molecule has 182 valence electrons. The number of aromatic nitrogens is 1. The van der Waals surface area contributed by atoms with Gasteiger partial charge in [-0.3, -0.25) is 9.78 Å². The van der Waals surface area contributed by atoms with Gasteiger partial charge in [-0.05, 0) is 62.1 Å². The van der Waals surface area contributed by atoms with Gasteiger partial charge in [0, 0.05) is 56.7 Å². The van der Waals surface area contributed by atoms with Gasteiger partial charge in [-0.15, -0.1) is 0 Å². The Morgan fingerprint density at radius 1 is 1.00 bits per heavy atom. The third kappa shape index (κ3) is 6.49. The molecule has 2 aromatic rings. The number of alkyl carbamates (subject to hydrolysis) is 1. The van der Waals surface area contributed by atoms with E-state index in [1.807, 2.05) is 54.5 Å². The summed E-state index contributed by atoms with van der Waals surface area (Å²) in [5, 5.41) is 2.83. The normalized spacial score (nSPS) is 18.4. The first-order valence-corrected chi connectivity index (χ1v) is 12.4. The summed E-state index contributed by atoms with van der Waals surface area (Å²) in [7, 11) is 0. The topological polar surface area (TPSA) is 74.8 Å². The molecule has 34 heavy (non-hydrogen) atoms. The smallest absolute Gasteiger partial charge is 0.407 e. The van der Waals surface area contributed by atoms with E-state index in [9.17, 15) is 9.59 Å². The molecule has 4 rings (SSSR count). The molecule has 2 fully saturated rings. The molecule has 2 amide bonds. The van der Waals surface area contributed by atoms with Crippen molar-refractivity contribution >= 4 is 17.7 Å². The molecule has 3 heterocycles. The number of anilines is 1. The Morgan fingerprint density at radius 2 is 1.65 bits per heavy atom. The Labute approximate surface area is 202 Å².